The van der Waals surface area contributed by atoms with Gasteiger partial charge < -0.3 is 5.32 Å². The van der Waals surface area contributed by atoms with Crippen LogP contribution in [-0.4, -0.2) is 15.9 Å². The largest absolute Gasteiger partial charge is 0.306 e. The average molecular weight is 289 g/mol. The van der Waals surface area contributed by atoms with Crippen LogP contribution >= 0.6 is 0 Å². The molecular formula is C18H15N3O. The minimum atomic E-state index is -0.172. The number of amides is 1. The van der Waals surface area contributed by atoms with Gasteiger partial charge >= 0.3 is 0 Å². The number of carbonyl (C=O) groups excluding carboxylic acids is 1. The number of nitrogens with one attached hydrogen (secondary N) is 1. The summed E-state index contributed by atoms with van der Waals surface area (Å²) in [6.07, 6.45) is 3.41. The van der Waals surface area contributed by atoms with Gasteiger partial charge in [-0.2, -0.15) is 0 Å². The van der Waals surface area contributed by atoms with Crippen LogP contribution in [0.2, 0.25) is 0 Å². The van der Waals surface area contributed by atoms with E-state index in [0.717, 1.165) is 16.8 Å². The molecule has 0 spiro atoms. The van der Waals surface area contributed by atoms with Gasteiger partial charge in [0, 0.05) is 23.5 Å². The summed E-state index contributed by atoms with van der Waals surface area (Å²) >= 11 is 0. The van der Waals surface area contributed by atoms with E-state index in [4.69, 9.17) is 0 Å². The number of pyridine rings is 2. The Morgan fingerprint density at radius 2 is 1.68 bits per heavy atom. The van der Waals surface area contributed by atoms with E-state index in [1.54, 1.807) is 24.5 Å². The Bertz CT molecular complexity index is 783. The zero-order valence-electron chi connectivity index (χ0n) is 12.2. The maximum Gasteiger partial charge on any atom is 0.256 e. The molecule has 0 aliphatic rings. The molecule has 1 N–H and O–H groups in total. The van der Waals surface area contributed by atoms with Crippen LogP contribution in [0.15, 0.2) is 67.0 Å². The molecule has 4 heteroatoms. The van der Waals surface area contributed by atoms with E-state index >= 15 is 0 Å². The fourth-order valence-electron chi connectivity index (χ4n) is 2.12. The first kappa shape index (κ1) is 13.9. The van der Waals surface area contributed by atoms with Crippen LogP contribution in [0.4, 0.5) is 5.82 Å². The van der Waals surface area contributed by atoms with Crippen molar-refractivity contribution in [3.63, 3.8) is 0 Å². The van der Waals surface area contributed by atoms with Crippen LogP contribution < -0.4 is 5.32 Å². The molecular weight excluding hydrogens is 274 g/mol. The zero-order chi connectivity index (χ0) is 15.4. The lowest BCUT2D eigenvalue weighted by molar-refractivity contribution is 0.102. The summed E-state index contributed by atoms with van der Waals surface area (Å²) in [5.74, 6) is 0.413. The number of aryl methyl sites for hydroxylation is 1. The van der Waals surface area contributed by atoms with Crippen molar-refractivity contribution in [3.05, 3.63) is 78.1 Å². The Balaban J connectivity index is 1.78. The highest BCUT2D eigenvalue weighted by molar-refractivity contribution is 6.04. The summed E-state index contributed by atoms with van der Waals surface area (Å²) in [6, 6.07) is 16.9. The Morgan fingerprint density at radius 3 is 2.36 bits per heavy atom. The first-order chi connectivity index (χ1) is 10.7. The lowest BCUT2D eigenvalue weighted by Gasteiger charge is -2.07. The number of carbonyl (C=O) groups is 1. The Morgan fingerprint density at radius 1 is 0.909 bits per heavy atom. The number of hydrogen-bond donors (Lipinski definition) is 1. The summed E-state index contributed by atoms with van der Waals surface area (Å²) in [5, 5.41) is 2.82. The fourth-order valence-corrected chi connectivity index (χ4v) is 2.12. The minimum Gasteiger partial charge on any atom is -0.306 e. The van der Waals surface area contributed by atoms with Gasteiger partial charge in [-0.15, -0.1) is 0 Å². The minimum absolute atomic E-state index is 0.172. The summed E-state index contributed by atoms with van der Waals surface area (Å²) in [6.45, 7) is 1.91. The van der Waals surface area contributed by atoms with Crippen molar-refractivity contribution in [1.82, 2.24) is 9.97 Å². The predicted molar refractivity (Wildman–Crippen MR) is 86.6 cm³/mol. The summed E-state index contributed by atoms with van der Waals surface area (Å²) in [7, 11) is 0. The van der Waals surface area contributed by atoms with Gasteiger partial charge in [0.15, 0.2) is 0 Å². The molecule has 3 rings (SSSR count). The molecule has 0 saturated heterocycles. The van der Waals surface area contributed by atoms with Gasteiger partial charge in [-0.1, -0.05) is 24.3 Å². The fraction of sp³-hybridized carbons (Fsp3) is 0.0556. The molecule has 22 heavy (non-hydrogen) atoms. The van der Waals surface area contributed by atoms with Crippen molar-refractivity contribution in [2.75, 3.05) is 5.32 Å². The lowest BCUT2D eigenvalue weighted by atomic mass is 10.1. The highest BCUT2D eigenvalue weighted by Crippen LogP contribution is 2.18. The monoisotopic (exact) mass is 289 g/mol. The molecule has 0 aliphatic carbocycles. The molecule has 0 aliphatic heterocycles. The second-order valence-corrected chi connectivity index (χ2v) is 4.92. The topological polar surface area (TPSA) is 54.9 Å². The molecule has 0 radical (unpaired) electrons. The Hall–Kier alpha value is -3.01. The highest BCUT2D eigenvalue weighted by atomic mass is 16.1. The molecule has 108 valence electrons. The van der Waals surface area contributed by atoms with Gasteiger partial charge in [0.2, 0.25) is 0 Å². The number of anilines is 1. The molecule has 1 amide bonds. The molecule has 0 unspecified atom stereocenters. The van der Waals surface area contributed by atoms with Crippen LogP contribution in [0.25, 0.3) is 11.3 Å². The van der Waals surface area contributed by atoms with Crippen LogP contribution in [0, 0.1) is 6.92 Å². The third kappa shape index (κ3) is 3.01. The summed E-state index contributed by atoms with van der Waals surface area (Å²) in [4.78, 5) is 20.7. The molecule has 4 nitrogen and oxygen atoms in total. The van der Waals surface area contributed by atoms with E-state index in [9.17, 15) is 4.79 Å². The van der Waals surface area contributed by atoms with Crippen molar-refractivity contribution in [2.45, 2.75) is 6.92 Å². The molecule has 2 aromatic heterocycles. The predicted octanol–water partition coefficient (Wildman–Crippen LogP) is 3.70. The Labute approximate surface area is 128 Å². The smallest absolute Gasteiger partial charge is 0.256 e. The first-order valence-corrected chi connectivity index (χ1v) is 6.98. The third-order valence-corrected chi connectivity index (χ3v) is 3.35. The van der Waals surface area contributed by atoms with Crippen LogP contribution in [0.5, 0.6) is 0 Å². The second kappa shape index (κ2) is 6.18. The third-order valence-electron chi connectivity index (χ3n) is 3.35. The van der Waals surface area contributed by atoms with E-state index in [1.807, 2.05) is 49.4 Å². The van der Waals surface area contributed by atoms with Gasteiger partial charge in [0.1, 0.15) is 5.82 Å². The van der Waals surface area contributed by atoms with Crippen LogP contribution in [0.3, 0.4) is 0 Å². The number of rotatable bonds is 3. The van der Waals surface area contributed by atoms with Crippen molar-refractivity contribution < 1.29 is 4.79 Å². The van der Waals surface area contributed by atoms with Crippen molar-refractivity contribution in [2.24, 2.45) is 0 Å². The van der Waals surface area contributed by atoms with E-state index in [-0.39, 0.29) is 5.91 Å². The van der Waals surface area contributed by atoms with E-state index in [1.165, 1.54) is 0 Å². The molecule has 3 aromatic rings. The average Bonchev–Trinajstić information content (AvgIpc) is 2.58. The number of benzene rings is 1. The van der Waals surface area contributed by atoms with Crippen molar-refractivity contribution >= 4 is 11.7 Å². The maximum atomic E-state index is 12.2. The van der Waals surface area contributed by atoms with E-state index in [0.29, 0.717) is 11.4 Å². The molecule has 0 atom stereocenters. The SMILES string of the molecule is Cc1cccnc1NC(=O)c1ccc(-c2ccccn2)cc1. The van der Waals surface area contributed by atoms with Crippen molar-refractivity contribution in [1.29, 1.82) is 0 Å². The summed E-state index contributed by atoms with van der Waals surface area (Å²) in [5.41, 5.74) is 3.38. The number of aromatic nitrogens is 2. The quantitative estimate of drug-likeness (QED) is 0.799. The van der Waals surface area contributed by atoms with Gasteiger partial charge in [0.05, 0.1) is 5.69 Å². The molecule has 0 bridgehead atoms. The van der Waals surface area contributed by atoms with Gasteiger partial charge in [-0.05, 0) is 42.8 Å². The van der Waals surface area contributed by atoms with Gasteiger partial charge in [-0.3, -0.25) is 9.78 Å². The normalized spacial score (nSPS) is 10.2. The van der Waals surface area contributed by atoms with E-state index < -0.39 is 0 Å². The number of hydrogen-bond acceptors (Lipinski definition) is 3. The van der Waals surface area contributed by atoms with Crippen LogP contribution in [-0.2, 0) is 0 Å². The van der Waals surface area contributed by atoms with Crippen molar-refractivity contribution in [3.8, 4) is 11.3 Å². The first-order valence-electron chi connectivity index (χ1n) is 6.98. The number of nitrogens with zero attached hydrogens (tertiary/aromatic N) is 2. The van der Waals surface area contributed by atoms with Gasteiger partial charge in [0.25, 0.3) is 5.91 Å². The molecule has 0 saturated carbocycles. The molecule has 0 fully saturated rings. The van der Waals surface area contributed by atoms with Gasteiger partial charge in [-0.25, -0.2) is 4.98 Å². The second-order valence-electron chi connectivity index (χ2n) is 4.92. The molecule has 1 aromatic carbocycles. The van der Waals surface area contributed by atoms with E-state index in [2.05, 4.69) is 15.3 Å². The zero-order valence-corrected chi connectivity index (χ0v) is 12.2. The lowest BCUT2D eigenvalue weighted by Crippen LogP contribution is -2.13. The summed E-state index contributed by atoms with van der Waals surface area (Å²) < 4.78 is 0. The maximum absolute atomic E-state index is 12.2. The Kier molecular flexibility index (Phi) is 3.92. The van der Waals surface area contributed by atoms with Crippen LogP contribution in [0.1, 0.15) is 15.9 Å². The highest BCUT2D eigenvalue weighted by Gasteiger charge is 2.08. The molecule has 2 heterocycles. The standard InChI is InChI=1S/C18H15N3O/c1-13-5-4-12-20-17(13)21-18(22)15-9-7-14(8-10-15)16-6-2-3-11-19-16/h2-12H,1H3,(H,20,21,22).